The fraction of sp³-hybridized carbons (Fsp3) is 0.455. The lowest BCUT2D eigenvalue weighted by Crippen LogP contribution is -2.17. The molecule has 0 amide bonds. The van der Waals surface area contributed by atoms with Crippen LogP contribution in [0.3, 0.4) is 0 Å². The summed E-state index contributed by atoms with van der Waals surface area (Å²) in [5.74, 6) is 0. The number of benzene rings is 1. The molecule has 1 aromatic carbocycles. The van der Waals surface area contributed by atoms with Crippen molar-refractivity contribution in [3.63, 3.8) is 0 Å². The molecule has 3 nitrogen and oxygen atoms in total. The first-order chi connectivity index (χ1) is 6.81. The van der Waals surface area contributed by atoms with Crippen molar-refractivity contribution in [3.8, 4) is 0 Å². The molecule has 1 N–H and O–H groups in total. The maximum atomic E-state index is 9.00. The van der Waals surface area contributed by atoms with Crippen molar-refractivity contribution < 1.29 is 9.94 Å². The van der Waals surface area contributed by atoms with Gasteiger partial charge in [-0.3, -0.25) is 4.84 Å². The Balaban J connectivity index is 2.13. The van der Waals surface area contributed by atoms with Crippen molar-refractivity contribution in [2.24, 2.45) is 0 Å². The van der Waals surface area contributed by atoms with E-state index < -0.39 is 0 Å². The molecule has 0 radical (unpaired) electrons. The molecule has 2 rings (SSSR count). The fourth-order valence-electron chi connectivity index (χ4n) is 1.88. The quantitative estimate of drug-likeness (QED) is 0.769. The molecule has 1 saturated heterocycles. The summed E-state index contributed by atoms with van der Waals surface area (Å²) in [7, 11) is 1.91. The molecule has 2 atom stereocenters. The molecule has 0 aliphatic carbocycles. The predicted molar refractivity (Wildman–Crippen MR) is 53.5 cm³/mol. The third-order valence-electron chi connectivity index (χ3n) is 2.63. The topological polar surface area (TPSA) is 32.7 Å². The van der Waals surface area contributed by atoms with Crippen molar-refractivity contribution in [2.75, 3.05) is 13.7 Å². The van der Waals surface area contributed by atoms with Crippen LogP contribution in [0.2, 0.25) is 0 Å². The molecule has 0 spiro atoms. The Hall–Kier alpha value is -0.900. The van der Waals surface area contributed by atoms with Gasteiger partial charge in [0, 0.05) is 7.05 Å². The van der Waals surface area contributed by atoms with Crippen LogP contribution < -0.4 is 0 Å². The standard InChI is InChI=1S/C11H15NO2/c1-12-11(7-10(8-13)14-12)9-5-3-2-4-6-9/h2-6,10-11,13H,7-8H2,1H3/t10-,11+/m0/s1. The van der Waals surface area contributed by atoms with E-state index in [2.05, 4.69) is 12.1 Å². The van der Waals surface area contributed by atoms with E-state index in [1.807, 2.05) is 30.3 Å². The molecule has 1 aliphatic rings. The Kier molecular flexibility index (Phi) is 2.82. The first kappa shape index (κ1) is 9.65. The largest absolute Gasteiger partial charge is 0.394 e. The van der Waals surface area contributed by atoms with Crippen molar-refractivity contribution >= 4 is 0 Å². The summed E-state index contributed by atoms with van der Waals surface area (Å²) in [6, 6.07) is 10.5. The Morgan fingerprint density at radius 2 is 2.14 bits per heavy atom. The van der Waals surface area contributed by atoms with Crippen LogP contribution in [0.1, 0.15) is 18.0 Å². The van der Waals surface area contributed by atoms with Gasteiger partial charge < -0.3 is 5.11 Å². The molecule has 0 saturated carbocycles. The summed E-state index contributed by atoms with van der Waals surface area (Å²) in [5.41, 5.74) is 1.24. The average molecular weight is 193 g/mol. The van der Waals surface area contributed by atoms with Crippen molar-refractivity contribution in [1.29, 1.82) is 0 Å². The van der Waals surface area contributed by atoms with Crippen LogP contribution in [-0.4, -0.2) is 29.9 Å². The minimum absolute atomic E-state index is 0.0507. The molecule has 76 valence electrons. The lowest BCUT2D eigenvalue weighted by atomic mass is 10.0. The summed E-state index contributed by atoms with van der Waals surface area (Å²) in [6.45, 7) is 0.0909. The summed E-state index contributed by atoms with van der Waals surface area (Å²) >= 11 is 0. The van der Waals surface area contributed by atoms with E-state index in [9.17, 15) is 0 Å². The van der Waals surface area contributed by atoms with Crippen molar-refractivity contribution in [1.82, 2.24) is 5.06 Å². The number of nitrogens with zero attached hydrogens (tertiary/aromatic N) is 1. The number of hydroxylamine groups is 2. The van der Waals surface area contributed by atoms with Gasteiger partial charge >= 0.3 is 0 Å². The molecule has 1 aromatic rings. The number of aliphatic hydroxyl groups is 1. The van der Waals surface area contributed by atoms with Gasteiger partial charge in [0.05, 0.1) is 12.6 Å². The highest BCUT2D eigenvalue weighted by atomic mass is 16.7. The maximum Gasteiger partial charge on any atom is 0.104 e. The van der Waals surface area contributed by atoms with Crippen LogP contribution >= 0.6 is 0 Å². The predicted octanol–water partition coefficient (Wildman–Crippen LogP) is 1.36. The van der Waals surface area contributed by atoms with Crippen LogP contribution in [0.25, 0.3) is 0 Å². The van der Waals surface area contributed by atoms with E-state index in [-0.39, 0.29) is 18.8 Å². The highest BCUT2D eigenvalue weighted by Gasteiger charge is 2.31. The molecular formula is C11H15NO2. The van der Waals surface area contributed by atoms with Gasteiger partial charge in [-0.25, -0.2) is 0 Å². The lowest BCUT2D eigenvalue weighted by Gasteiger charge is -2.17. The Labute approximate surface area is 83.9 Å². The molecular weight excluding hydrogens is 178 g/mol. The molecule has 0 bridgehead atoms. The third kappa shape index (κ3) is 1.80. The van der Waals surface area contributed by atoms with Crippen LogP contribution in [0.4, 0.5) is 0 Å². The molecule has 0 aromatic heterocycles. The first-order valence-electron chi connectivity index (χ1n) is 4.86. The van der Waals surface area contributed by atoms with E-state index in [0.29, 0.717) is 0 Å². The van der Waals surface area contributed by atoms with E-state index in [0.717, 1.165) is 6.42 Å². The Morgan fingerprint density at radius 1 is 1.43 bits per heavy atom. The number of rotatable bonds is 2. The smallest absolute Gasteiger partial charge is 0.104 e. The molecule has 3 heteroatoms. The van der Waals surface area contributed by atoms with Gasteiger partial charge in [-0.15, -0.1) is 0 Å². The zero-order valence-electron chi connectivity index (χ0n) is 8.26. The second kappa shape index (κ2) is 4.09. The lowest BCUT2D eigenvalue weighted by molar-refractivity contribution is -0.153. The average Bonchev–Trinajstić information content (AvgIpc) is 2.61. The van der Waals surface area contributed by atoms with Gasteiger partial charge in [0.2, 0.25) is 0 Å². The third-order valence-corrected chi connectivity index (χ3v) is 2.63. The number of hydrogen-bond donors (Lipinski definition) is 1. The van der Waals surface area contributed by atoms with Gasteiger partial charge in [0.1, 0.15) is 6.10 Å². The molecule has 14 heavy (non-hydrogen) atoms. The first-order valence-corrected chi connectivity index (χ1v) is 4.86. The SMILES string of the molecule is CN1O[C@H](CO)C[C@@H]1c1ccccc1. The second-order valence-electron chi connectivity index (χ2n) is 3.62. The van der Waals surface area contributed by atoms with Crippen LogP contribution in [0.15, 0.2) is 30.3 Å². The van der Waals surface area contributed by atoms with Crippen LogP contribution in [-0.2, 0) is 4.84 Å². The number of hydrogen-bond acceptors (Lipinski definition) is 3. The van der Waals surface area contributed by atoms with E-state index in [1.165, 1.54) is 5.56 Å². The van der Waals surface area contributed by atoms with E-state index in [1.54, 1.807) is 0 Å². The van der Waals surface area contributed by atoms with E-state index in [4.69, 9.17) is 9.94 Å². The summed E-state index contributed by atoms with van der Waals surface area (Å²) in [5, 5.41) is 10.8. The van der Waals surface area contributed by atoms with Crippen LogP contribution in [0, 0.1) is 0 Å². The summed E-state index contributed by atoms with van der Waals surface area (Å²) < 4.78 is 0. The normalized spacial score (nSPS) is 28.1. The van der Waals surface area contributed by atoms with Gasteiger partial charge in [-0.1, -0.05) is 30.3 Å². The molecule has 1 fully saturated rings. The van der Waals surface area contributed by atoms with Gasteiger partial charge in [-0.2, -0.15) is 5.06 Å². The number of aliphatic hydroxyl groups excluding tert-OH is 1. The second-order valence-corrected chi connectivity index (χ2v) is 3.62. The van der Waals surface area contributed by atoms with Gasteiger partial charge in [-0.05, 0) is 12.0 Å². The minimum Gasteiger partial charge on any atom is -0.394 e. The molecule has 0 unspecified atom stereocenters. The zero-order valence-corrected chi connectivity index (χ0v) is 8.26. The molecule has 1 aliphatic heterocycles. The van der Waals surface area contributed by atoms with Gasteiger partial charge in [0.25, 0.3) is 0 Å². The summed E-state index contributed by atoms with van der Waals surface area (Å²) in [6.07, 6.45) is 0.807. The van der Waals surface area contributed by atoms with E-state index >= 15 is 0 Å². The monoisotopic (exact) mass is 193 g/mol. The summed E-state index contributed by atoms with van der Waals surface area (Å²) in [4.78, 5) is 5.46. The zero-order chi connectivity index (χ0) is 9.97. The fourth-order valence-corrected chi connectivity index (χ4v) is 1.88. The highest BCUT2D eigenvalue weighted by molar-refractivity contribution is 5.19. The Morgan fingerprint density at radius 3 is 2.71 bits per heavy atom. The van der Waals surface area contributed by atoms with Crippen molar-refractivity contribution in [2.45, 2.75) is 18.6 Å². The molecule has 1 heterocycles. The Bertz CT molecular complexity index is 289. The highest BCUT2D eigenvalue weighted by Crippen LogP contribution is 2.31. The van der Waals surface area contributed by atoms with Crippen molar-refractivity contribution in [3.05, 3.63) is 35.9 Å². The van der Waals surface area contributed by atoms with Gasteiger partial charge in [0.15, 0.2) is 0 Å². The van der Waals surface area contributed by atoms with Crippen LogP contribution in [0.5, 0.6) is 0 Å². The minimum atomic E-state index is -0.0507. The maximum absolute atomic E-state index is 9.00.